The molecule has 0 spiro atoms. The van der Waals surface area contributed by atoms with Crippen molar-refractivity contribution in [3.05, 3.63) is 64.5 Å². The minimum Gasteiger partial charge on any atom is -0.345 e. The third-order valence-electron chi connectivity index (χ3n) is 4.88. The summed E-state index contributed by atoms with van der Waals surface area (Å²) < 4.78 is 4.09. The van der Waals surface area contributed by atoms with Gasteiger partial charge in [0, 0.05) is 17.3 Å². The average molecular weight is 364 g/mol. The number of carbonyl (C=O) groups excluding carboxylic acids is 1. The van der Waals surface area contributed by atoms with E-state index in [1.54, 1.807) is 0 Å². The molecule has 0 aliphatic heterocycles. The van der Waals surface area contributed by atoms with E-state index >= 15 is 0 Å². The quantitative estimate of drug-likeness (QED) is 0.729. The Morgan fingerprint density at radius 1 is 1.19 bits per heavy atom. The molecule has 1 aromatic carbocycles. The van der Waals surface area contributed by atoms with Crippen LogP contribution >= 0.6 is 0 Å². The number of aromatic nitrogens is 5. The second kappa shape index (κ2) is 6.98. The van der Waals surface area contributed by atoms with Gasteiger partial charge in [-0.1, -0.05) is 12.1 Å². The Labute approximate surface area is 158 Å². The molecule has 3 aromatic rings. The maximum atomic E-state index is 12.6. The lowest BCUT2D eigenvalue weighted by molar-refractivity contribution is 0.0949. The number of hydrogen-bond donors (Lipinski definition) is 1. The molecule has 1 amide bonds. The van der Waals surface area contributed by atoms with Crippen LogP contribution in [0.15, 0.2) is 30.3 Å². The van der Waals surface area contributed by atoms with Gasteiger partial charge in [-0.3, -0.25) is 9.48 Å². The fourth-order valence-electron chi connectivity index (χ4n) is 3.42. The Balaban J connectivity index is 1.44. The number of nitrogens with one attached hydrogen (secondary N) is 1. The Morgan fingerprint density at radius 2 is 2.00 bits per heavy atom. The SMILES string of the molecule is Cc1cc(C)n(Cc2cccc(C(=O)NCc3nnc(C)n3C3CC3)c2)n1. The highest BCUT2D eigenvalue weighted by Gasteiger charge is 2.28. The van der Waals surface area contributed by atoms with Crippen LogP contribution in [0.3, 0.4) is 0 Å². The molecule has 2 aromatic heterocycles. The first-order valence-corrected chi connectivity index (χ1v) is 9.30. The minimum atomic E-state index is -0.104. The zero-order valence-electron chi connectivity index (χ0n) is 15.9. The second-order valence-corrected chi connectivity index (χ2v) is 7.23. The lowest BCUT2D eigenvalue weighted by Crippen LogP contribution is -2.25. The van der Waals surface area contributed by atoms with Crippen molar-refractivity contribution in [3.63, 3.8) is 0 Å². The largest absolute Gasteiger partial charge is 0.345 e. The zero-order chi connectivity index (χ0) is 19.0. The number of hydrogen-bond acceptors (Lipinski definition) is 4. The Morgan fingerprint density at radius 3 is 2.70 bits per heavy atom. The molecule has 0 radical (unpaired) electrons. The Hall–Kier alpha value is -2.96. The number of amides is 1. The standard InChI is InChI=1S/C20H24N6O/c1-13-9-14(2)25(24-13)12-16-5-4-6-17(10-16)20(27)21-11-19-23-22-15(3)26(19)18-7-8-18/h4-6,9-10,18H,7-8,11-12H2,1-3H3,(H,21,27). The lowest BCUT2D eigenvalue weighted by atomic mass is 10.1. The maximum Gasteiger partial charge on any atom is 0.251 e. The molecule has 4 rings (SSSR count). The lowest BCUT2D eigenvalue weighted by Gasteiger charge is -2.10. The van der Waals surface area contributed by atoms with Crippen molar-refractivity contribution in [2.75, 3.05) is 0 Å². The summed E-state index contributed by atoms with van der Waals surface area (Å²) in [6, 6.07) is 10.2. The molecule has 1 saturated carbocycles. The van der Waals surface area contributed by atoms with Crippen molar-refractivity contribution in [3.8, 4) is 0 Å². The molecule has 1 N–H and O–H groups in total. The summed E-state index contributed by atoms with van der Waals surface area (Å²) in [5, 5.41) is 15.8. The fraction of sp³-hybridized carbons (Fsp3) is 0.400. The molecule has 0 unspecified atom stereocenters. The van der Waals surface area contributed by atoms with Crippen LogP contribution in [0.4, 0.5) is 0 Å². The topological polar surface area (TPSA) is 77.6 Å². The van der Waals surface area contributed by atoms with Crippen molar-refractivity contribution in [1.29, 1.82) is 0 Å². The highest BCUT2D eigenvalue weighted by Crippen LogP contribution is 2.36. The van der Waals surface area contributed by atoms with Crippen LogP contribution in [-0.2, 0) is 13.1 Å². The molecule has 140 valence electrons. The summed E-state index contributed by atoms with van der Waals surface area (Å²) >= 11 is 0. The number of nitrogens with zero attached hydrogens (tertiary/aromatic N) is 5. The van der Waals surface area contributed by atoms with E-state index in [1.807, 2.05) is 49.7 Å². The normalized spacial score (nSPS) is 13.7. The van der Waals surface area contributed by atoms with Crippen LogP contribution in [-0.4, -0.2) is 30.5 Å². The average Bonchev–Trinajstić information content (AvgIpc) is 3.34. The van der Waals surface area contributed by atoms with Crippen LogP contribution in [0.5, 0.6) is 0 Å². The van der Waals surface area contributed by atoms with Gasteiger partial charge >= 0.3 is 0 Å². The zero-order valence-corrected chi connectivity index (χ0v) is 15.9. The van der Waals surface area contributed by atoms with Crippen LogP contribution in [0, 0.1) is 20.8 Å². The first-order valence-electron chi connectivity index (χ1n) is 9.30. The van der Waals surface area contributed by atoms with Gasteiger partial charge in [0.15, 0.2) is 5.82 Å². The predicted molar refractivity (Wildman–Crippen MR) is 101 cm³/mol. The number of benzene rings is 1. The summed E-state index contributed by atoms with van der Waals surface area (Å²) in [5.74, 6) is 1.63. The van der Waals surface area contributed by atoms with Crippen LogP contribution in [0.1, 0.15) is 57.8 Å². The molecule has 1 aliphatic rings. The van der Waals surface area contributed by atoms with Gasteiger partial charge in [0.1, 0.15) is 5.82 Å². The van der Waals surface area contributed by atoms with Gasteiger partial charge in [-0.2, -0.15) is 5.10 Å². The van der Waals surface area contributed by atoms with E-state index < -0.39 is 0 Å². The third-order valence-corrected chi connectivity index (χ3v) is 4.88. The number of aryl methyl sites for hydroxylation is 3. The summed E-state index contributed by atoms with van der Waals surface area (Å²) in [6.45, 7) is 7.01. The first-order chi connectivity index (χ1) is 13.0. The molecule has 1 aliphatic carbocycles. The van der Waals surface area contributed by atoms with Crippen molar-refractivity contribution < 1.29 is 4.79 Å². The first kappa shape index (κ1) is 17.5. The van der Waals surface area contributed by atoms with E-state index in [-0.39, 0.29) is 5.91 Å². The minimum absolute atomic E-state index is 0.104. The molecule has 7 nitrogen and oxygen atoms in total. The Kier molecular flexibility index (Phi) is 4.51. The fourth-order valence-corrected chi connectivity index (χ4v) is 3.42. The van der Waals surface area contributed by atoms with Gasteiger partial charge in [-0.15, -0.1) is 10.2 Å². The van der Waals surface area contributed by atoms with Gasteiger partial charge in [-0.05, 0) is 57.4 Å². The third kappa shape index (κ3) is 3.77. The van der Waals surface area contributed by atoms with E-state index in [1.165, 1.54) is 0 Å². The summed E-state index contributed by atoms with van der Waals surface area (Å²) in [4.78, 5) is 12.6. The molecular weight excluding hydrogens is 340 g/mol. The molecule has 2 heterocycles. The van der Waals surface area contributed by atoms with E-state index in [0.29, 0.717) is 24.7 Å². The molecule has 1 fully saturated rings. The van der Waals surface area contributed by atoms with E-state index in [9.17, 15) is 4.79 Å². The van der Waals surface area contributed by atoms with E-state index in [2.05, 4.69) is 31.2 Å². The van der Waals surface area contributed by atoms with Gasteiger partial charge in [-0.25, -0.2) is 0 Å². The monoisotopic (exact) mass is 364 g/mol. The van der Waals surface area contributed by atoms with Crippen molar-refractivity contribution in [2.24, 2.45) is 0 Å². The Bertz CT molecular complexity index is 982. The highest BCUT2D eigenvalue weighted by molar-refractivity contribution is 5.94. The maximum absolute atomic E-state index is 12.6. The molecule has 27 heavy (non-hydrogen) atoms. The second-order valence-electron chi connectivity index (χ2n) is 7.23. The van der Waals surface area contributed by atoms with Gasteiger partial charge in [0.2, 0.25) is 0 Å². The van der Waals surface area contributed by atoms with Gasteiger partial charge in [0.25, 0.3) is 5.91 Å². The van der Waals surface area contributed by atoms with Crippen molar-refractivity contribution >= 4 is 5.91 Å². The number of carbonyl (C=O) groups is 1. The molecular formula is C20H24N6O. The predicted octanol–water partition coefficient (Wildman–Crippen LogP) is 2.71. The van der Waals surface area contributed by atoms with Crippen LogP contribution in [0.25, 0.3) is 0 Å². The number of rotatable bonds is 6. The highest BCUT2D eigenvalue weighted by atomic mass is 16.1. The molecule has 7 heteroatoms. The summed E-state index contributed by atoms with van der Waals surface area (Å²) in [6.07, 6.45) is 2.32. The van der Waals surface area contributed by atoms with Gasteiger partial charge < -0.3 is 9.88 Å². The van der Waals surface area contributed by atoms with Crippen molar-refractivity contribution in [1.82, 2.24) is 29.9 Å². The summed E-state index contributed by atoms with van der Waals surface area (Å²) in [5.41, 5.74) is 3.79. The van der Waals surface area contributed by atoms with Gasteiger partial charge in [0.05, 0.1) is 18.8 Å². The molecule has 0 bridgehead atoms. The van der Waals surface area contributed by atoms with Crippen LogP contribution < -0.4 is 5.32 Å². The van der Waals surface area contributed by atoms with Crippen molar-refractivity contribution in [2.45, 2.75) is 52.7 Å². The van der Waals surface area contributed by atoms with Crippen LogP contribution in [0.2, 0.25) is 0 Å². The molecule has 0 atom stereocenters. The molecule has 0 saturated heterocycles. The van der Waals surface area contributed by atoms with E-state index in [4.69, 9.17) is 0 Å². The summed E-state index contributed by atoms with van der Waals surface area (Å²) in [7, 11) is 0. The van der Waals surface area contributed by atoms with E-state index in [0.717, 1.165) is 41.4 Å². The smallest absolute Gasteiger partial charge is 0.251 e.